The number of nitrogen functional groups attached to an aromatic ring is 1. The number of nitrogens with two attached hydrogens (primary N) is 1. The Morgan fingerprint density at radius 3 is 2.74 bits per heavy atom. The maximum Gasteiger partial charge on any atom is 0.257 e. The number of anilines is 1. The molecule has 4 rings (SSSR count). The van der Waals surface area contributed by atoms with Crippen molar-refractivity contribution in [3.05, 3.63) is 59.1 Å². The highest BCUT2D eigenvalue weighted by Crippen LogP contribution is 2.37. The first kappa shape index (κ1) is 17.5. The molecule has 27 heavy (non-hydrogen) atoms. The zero-order chi connectivity index (χ0) is 19.0. The van der Waals surface area contributed by atoms with Crippen LogP contribution in [0.1, 0.15) is 34.9 Å². The molecule has 1 atom stereocenters. The molecule has 138 valence electrons. The predicted octanol–water partition coefficient (Wildman–Crippen LogP) is 3.09. The molecule has 3 heterocycles. The zero-order valence-electron chi connectivity index (χ0n) is 14.8. The fourth-order valence-electron chi connectivity index (χ4n) is 3.51. The van der Waals surface area contributed by atoms with Crippen molar-refractivity contribution in [2.24, 2.45) is 7.05 Å². The van der Waals surface area contributed by atoms with E-state index < -0.39 is 0 Å². The maximum absolute atomic E-state index is 13.0. The van der Waals surface area contributed by atoms with Gasteiger partial charge in [-0.3, -0.25) is 9.48 Å². The summed E-state index contributed by atoms with van der Waals surface area (Å²) in [5.74, 6) is 0.147. The van der Waals surface area contributed by atoms with Crippen LogP contribution in [-0.4, -0.2) is 37.1 Å². The van der Waals surface area contributed by atoms with Crippen LogP contribution in [0.25, 0.3) is 11.1 Å². The van der Waals surface area contributed by atoms with Crippen molar-refractivity contribution in [3.63, 3.8) is 0 Å². The molecule has 0 unspecified atom stereocenters. The highest BCUT2D eigenvalue weighted by atomic mass is 35.5. The minimum absolute atomic E-state index is 0.0511. The highest BCUT2D eigenvalue weighted by molar-refractivity contribution is 6.30. The lowest BCUT2D eigenvalue weighted by atomic mass is 9.99. The molecule has 1 fully saturated rings. The summed E-state index contributed by atoms with van der Waals surface area (Å²) < 4.78 is 1.63. The van der Waals surface area contributed by atoms with Gasteiger partial charge in [-0.25, -0.2) is 9.97 Å². The van der Waals surface area contributed by atoms with Crippen molar-refractivity contribution in [3.8, 4) is 11.1 Å². The van der Waals surface area contributed by atoms with Crippen LogP contribution in [-0.2, 0) is 7.05 Å². The van der Waals surface area contributed by atoms with E-state index in [1.165, 1.54) is 0 Å². The van der Waals surface area contributed by atoms with Crippen LogP contribution >= 0.6 is 11.6 Å². The largest absolute Gasteiger partial charge is 0.368 e. The van der Waals surface area contributed by atoms with E-state index in [1.807, 2.05) is 29.2 Å². The molecule has 2 N–H and O–H groups in total. The summed E-state index contributed by atoms with van der Waals surface area (Å²) in [7, 11) is 1.79. The number of halogens is 1. The van der Waals surface area contributed by atoms with Gasteiger partial charge in [-0.15, -0.1) is 0 Å². The monoisotopic (exact) mass is 382 g/mol. The van der Waals surface area contributed by atoms with Gasteiger partial charge in [-0.1, -0.05) is 23.7 Å². The minimum atomic E-state index is -0.159. The number of rotatable bonds is 3. The fraction of sp³-hybridized carbons (Fsp3) is 0.263. The lowest BCUT2D eigenvalue weighted by molar-refractivity contribution is 0.0733. The lowest BCUT2D eigenvalue weighted by Gasteiger charge is -2.25. The first-order valence-corrected chi connectivity index (χ1v) is 9.08. The highest BCUT2D eigenvalue weighted by Gasteiger charge is 2.34. The lowest BCUT2D eigenvalue weighted by Crippen LogP contribution is -2.31. The van der Waals surface area contributed by atoms with Gasteiger partial charge >= 0.3 is 0 Å². The average molecular weight is 383 g/mol. The van der Waals surface area contributed by atoms with E-state index in [0.717, 1.165) is 29.7 Å². The van der Waals surface area contributed by atoms with Crippen LogP contribution in [0.5, 0.6) is 0 Å². The summed E-state index contributed by atoms with van der Waals surface area (Å²) in [6.07, 6.45) is 6.76. The number of amides is 1. The van der Waals surface area contributed by atoms with Crippen LogP contribution in [0.3, 0.4) is 0 Å². The number of hydrogen-bond acceptors (Lipinski definition) is 5. The molecule has 0 saturated carbocycles. The number of aryl methyl sites for hydroxylation is 1. The Labute approximate surface area is 161 Å². The van der Waals surface area contributed by atoms with E-state index in [2.05, 4.69) is 15.1 Å². The van der Waals surface area contributed by atoms with E-state index in [0.29, 0.717) is 17.1 Å². The third-order valence-electron chi connectivity index (χ3n) is 4.77. The quantitative estimate of drug-likeness (QED) is 0.751. The number of carbonyl (C=O) groups excluding carboxylic acids is 1. The summed E-state index contributed by atoms with van der Waals surface area (Å²) in [5, 5.41) is 4.76. The van der Waals surface area contributed by atoms with Gasteiger partial charge in [-0.2, -0.15) is 5.10 Å². The molecule has 3 aromatic rings. The van der Waals surface area contributed by atoms with E-state index >= 15 is 0 Å². The molecular weight excluding hydrogens is 364 g/mol. The summed E-state index contributed by atoms with van der Waals surface area (Å²) in [5.41, 5.74) is 9.00. The molecule has 0 radical (unpaired) electrons. The Bertz CT molecular complexity index is 984. The Hall–Kier alpha value is -2.93. The fourth-order valence-corrected chi connectivity index (χ4v) is 3.63. The molecular formula is C19H19ClN6O. The Kier molecular flexibility index (Phi) is 4.53. The van der Waals surface area contributed by atoms with Crippen molar-refractivity contribution < 1.29 is 4.79 Å². The van der Waals surface area contributed by atoms with Gasteiger partial charge in [0.2, 0.25) is 5.95 Å². The second-order valence-corrected chi connectivity index (χ2v) is 7.03. The minimum Gasteiger partial charge on any atom is -0.368 e. The summed E-state index contributed by atoms with van der Waals surface area (Å²) >= 11 is 6.01. The normalized spacial score (nSPS) is 16.7. The van der Waals surface area contributed by atoms with Crippen molar-refractivity contribution >= 4 is 23.5 Å². The Morgan fingerprint density at radius 1 is 1.26 bits per heavy atom. The molecule has 2 aromatic heterocycles. The first-order chi connectivity index (χ1) is 13.0. The van der Waals surface area contributed by atoms with Gasteiger partial charge in [0.15, 0.2) is 0 Å². The molecule has 1 aromatic carbocycles. The van der Waals surface area contributed by atoms with Gasteiger partial charge < -0.3 is 10.6 Å². The Balaban J connectivity index is 1.74. The van der Waals surface area contributed by atoms with Gasteiger partial charge in [0, 0.05) is 36.6 Å². The molecule has 1 saturated heterocycles. The molecule has 7 nitrogen and oxygen atoms in total. The second kappa shape index (κ2) is 7.00. The van der Waals surface area contributed by atoms with Crippen molar-refractivity contribution in [2.45, 2.75) is 18.9 Å². The van der Waals surface area contributed by atoms with Gasteiger partial charge in [0.05, 0.1) is 23.5 Å². The third-order valence-corrected chi connectivity index (χ3v) is 5.03. The van der Waals surface area contributed by atoms with E-state index in [9.17, 15) is 4.79 Å². The maximum atomic E-state index is 13.0. The molecule has 1 aliphatic rings. The molecule has 1 aliphatic heterocycles. The average Bonchev–Trinajstić information content (AvgIpc) is 3.31. The van der Waals surface area contributed by atoms with E-state index in [4.69, 9.17) is 17.3 Å². The number of benzene rings is 1. The second-order valence-electron chi connectivity index (χ2n) is 6.59. The van der Waals surface area contributed by atoms with Crippen LogP contribution in [0, 0.1) is 0 Å². The molecule has 0 aliphatic carbocycles. The van der Waals surface area contributed by atoms with Crippen LogP contribution in [0.2, 0.25) is 5.02 Å². The van der Waals surface area contributed by atoms with Crippen LogP contribution in [0.15, 0.2) is 42.9 Å². The third kappa shape index (κ3) is 3.38. The van der Waals surface area contributed by atoms with Gasteiger partial charge in [0.1, 0.15) is 0 Å². The summed E-state index contributed by atoms with van der Waals surface area (Å²) in [6.45, 7) is 0.669. The van der Waals surface area contributed by atoms with Gasteiger partial charge in [0.25, 0.3) is 5.91 Å². The van der Waals surface area contributed by atoms with Crippen LogP contribution < -0.4 is 5.73 Å². The van der Waals surface area contributed by atoms with Crippen molar-refractivity contribution in [1.82, 2.24) is 24.6 Å². The number of carbonyl (C=O) groups is 1. The van der Waals surface area contributed by atoms with E-state index in [-0.39, 0.29) is 17.9 Å². The number of likely N-dealkylation sites (tertiary alicyclic amines) is 1. The van der Waals surface area contributed by atoms with E-state index in [1.54, 1.807) is 30.3 Å². The molecule has 0 spiro atoms. The molecule has 1 amide bonds. The predicted molar refractivity (Wildman–Crippen MR) is 103 cm³/mol. The SMILES string of the molecule is Cn1cc(C(=O)N2CCC[C@H]2c2nc(N)ncc2-c2ccc(Cl)cc2)cn1. The molecule has 8 heteroatoms. The Morgan fingerprint density at radius 2 is 2.04 bits per heavy atom. The van der Waals surface area contributed by atoms with Crippen molar-refractivity contribution in [2.75, 3.05) is 12.3 Å². The number of aromatic nitrogens is 4. The van der Waals surface area contributed by atoms with Crippen molar-refractivity contribution in [1.29, 1.82) is 0 Å². The molecule has 0 bridgehead atoms. The van der Waals surface area contributed by atoms with Gasteiger partial charge in [-0.05, 0) is 30.5 Å². The topological polar surface area (TPSA) is 89.9 Å². The standard InChI is InChI=1S/C19H19ClN6O/c1-25-11-13(9-23-25)18(27)26-8-2-3-16(26)17-15(10-22-19(21)24-17)12-4-6-14(20)7-5-12/h4-7,9-11,16H,2-3,8H2,1H3,(H2,21,22,24)/t16-/m0/s1. The summed E-state index contributed by atoms with van der Waals surface area (Å²) in [4.78, 5) is 23.5. The van der Waals surface area contributed by atoms with Crippen LogP contribution in [0.4, 0.5) is 5.95 Å². The summed E-state index contributed by atoms with van der Waals surface area (Å²) in [6, 6.07) is 7.33. The number of nitrogens with zero attached hydrogens (tertiary/aromatic N) is 5. The number of hydrogen-bond donors (Lipinski definition) is 1. The smallest absolute Gasteiger partial charge is 0.257 e. The first-order valence-electron chi connectivity index (χ1n) is 8.71. The zero-order valence-corrected chi connectivity index (χ0v) is 15.6.